The summed E-state index contributed by atoms with van der Waals surface area (Å²) in [6.07, 6.45) is 1.62. The zero-order chi connectivity index (χ0) is 9.14. The van der Waals surface area contributed by atoms with Crippen LogP contribution in [0.2, 0.25) is 0 Å². The van der Waals surface area contributed by atoms with Crippen LogP contribution >= 0.6 is 0 Å². The van der Waals surface area contributed by atoms with Crippen molar-refractivity contribution in [2.24, 2.45) is 5.73 Å². The van der Waals surface area contributed by atoms with E-state index in [0.29, 0.717) is 18.8 Å². The first kappa shape index (κ1) is 8.66. The van der Waals surface area contributed by atoms with Crippen LogP contribution in [0.4, 0.5) is 5.95 Å². The first-order valence-electron chi connectivity index (χ1n) is 3.53. The van der Waals surface area contributed by atoms with Crippen LogP contribution in [0.3, 0.4) is 0 Å². The van der Waals surface area contributed by atoms with Gasteiger partial charge in [0.25, 0.3) is 0 Å². The Balaban J connectivity index is 2.99. The minimum atomic E-state index is -0.511. The topological polar surface area (TPSA) is 87.0 Å². The highest BCUT2D eigenvalue weighted by Crippen LogP contribution is 2.09. The van der Waals surface area contributed by atoms with Gasteiger partial charge in [-0.2, -0.15) is 0 Å². The first-order chi connectivity index (χ1) is 5.65. The maximum absolute atomic E-state index is 10.4. The SMILES string of the molecule is Cc1cn(CCN)c([N+](=O)[O-])n1. The average Bonchev–Trinajstić information content (AvgIpc) is 2.32. The Hall–Kier alpha value is -1.43. The third-order valence-electron chi connectivity index (χ3n) is 1.41. The molecule has 0 spiro atoms. The van der Waals surface area contributed by atoms with Crippen molar-refractivity contribution in [2.45, 2.75) is 13.5 Å². The van der Waals surface area contributed by atoms with E-state index in [1.165, 1.54) is 4.57 Å². The Morgan fingerprint density at radius 3 is 3.00 bits per heavy atom. The van der Waals surface area contributed by atoms with Crippen molar-refractivity contribution in [2.75, 3.05) is 6.54 Å². The van der Waals surface area contributed by atoms with Crippen molar-refractivity contribution in [3.8, 4) is 0 Å². The second-order valence-corrected chi connectivity index (χ2v) is 2.42. The Kier molecular flexibility index (Phi) is 2.39. The summed E-state index contributed by atoms with van der Waals surface area (Å²) in [5, 5.41) is 10.4. The second-order valence-electron chi connectivity index (χ2n) is 2.42. The van der Waals surface area contributed by atoms with E-state index in [4.69, 9.17) is 5.73 Å². The highest BCUT2D eigenvalue weighted by molar-refractivity contribution is 5.12. The fourth-order valence-electron chi connectivity index (χ4n) is 0.983. The van der Waals surface area contributed by atoms with Gasteiger partial charge >= 0.3 is 5.95 Å². The van der Waals surface area contributed by atoms with Gasteiger partial charge in [0.2, 0.25) is 0 Å². The lowest BCUT2D eigenvalue weighted by molar-refractivity contribution is -0.396. The molecule has 0 unspecified atom stereocenters. The van der Waals surface area contributed by atoms with Crippen LogP contribution in [0.1, 0.15) is 5.69 Å². The number of nitrogens with zero attached hydrogens (tertiary/aromatic N) is 3. The summed E-state index contributed by atoms with van der Waals surface area (Å²) < 4.78 is 1.44. The molecule has 12 heavy (non-hydrogen) atoms. The smallest absolute Gasteiger partial charge is 0.390 e. The van der Waals surface area contributed by atoms with Gasteiger partial charge in [-0.3, -0.25) is 0 Å². The van der Waals surface area contributed by atoms with Crippen molar-refractivity contribution in [3.05, 3.63) is 22.0 Å². The predicted molar refractivity (Wildman–Crippen MR) is 42.7 cm³/mol. The molecule has 0 aliphatic rings. The monoisotopic (exact) mass is 170 g/mol. The zero-order valence-electron chi connectivity index (χ0n) is 6.73. The number of hydrogen-bond acceptors (Lipinski definition) is 4. The summed E-state index contributed by atoms with van der Waals surface area (Å²) in [5.41, 5.74) is 5.90. The molecule has 0 amide bonds. The Bertz CT molecular complexity index is 294. The van der Waals surface area contributed by atoms with Gasteiger partial charge in [-0.15, -0.1) is 0 Å². The minimum Gasteiger partial charge on any atom is -0.390 e. The Labute approximate surface area is 69.2 Å². The molecule has 6 nitrogen and oxygen atoms in total. The first-order valence-corrected chi connectivity index (χ1v) is 3.53. The number of nitrogens with two attached hydrogens (primary N) is 1. The number of aromatic nitrogens is 2. The summed E-state index contributed by atoms with van der Waals surface area (Å²) in [7, 11) is 0. The molecule has 0 fully saturated rings. The van der Waals surface area contributed by atoms with Crippen molar-refractivity contribution in [3.63, 3.8) is 0 Å². The van der Waals surface area contributed by atoms with Crippen molar-refractivity contribution >= 4 is 5.95 Å². The lowest BCUT2D eigenvalue weighted by atomic mass is 10.5. The molecule has 0 saturated heterocycles. The highest BCUT2D eigenvalue weighted by atomic mass is 16.6. The van der Waals surface area contributed by atoms with Crippen LogP contribution in [-0.2, 0) is 6.54 Å². The van der Waals surface area contributed by atoms with Crippen LogP contribution in [0, 0.1) is 17.0 Å². The van der Waals surface area contributed by atoms with Crippen LogP contribution in [0.5, 0.6) is 0 Å². The van der Waals surface area contributed by atoms with Crippen molar-refractivity contribution in [1.29, 1.82) is 0 Å². The largest absolute Gasteiger partial charge is 0.434 e. The molecular formula is C6H10N4O2. The van der Waals surface area contributed by atoms with Gasteiger partial charge in [0, 0.05) is 6.54 Å². The third-order valence-corrected chi connectivity index (χ3v) is 1.41. The molecule has 2 N–H and O–H groups in total. The molecular weight excluding hydrogens is 160 g/mol. The second kappa shape index (κ2) is 3.31. The molecule has 1 rings (SSSR count). The normalized spacial score (nSPS) is 10.2. The number of nitro groups is 1. The van der Waals surface area contributed by atoms with E-state index in [1.54, 1.807) is 13.1 Å². The summed E-state index contributed by atoms with van der Waals surface area (Å²) in [6, 6.07) is 0. The fourth-order valence-corrected chi connectivity index (χ4v) is 0.983. The standard InChI is InChI=1S/C6H10N4O2/c1-5-4-9(3-2-7)6(8-5)10(11)12/h4H,2-3,7H2,1H3. The summed E-state index contributed by atoms with van der Waals surface area (Å²) >= 11 is 0. The number of aryl methyl sites for hydroxylation is 1. The summed E-state index contributed by atoms with van der Waals surface area (Å²) in [4.78, 5) is 13.6. The maximum Gasteiger partial charge on any atom is 0.434 e. The van der Waals surface area contributed by atoms with E-state index in [1.807, 2.05) is 0 Å². The quantitative estimate of drug-likeness (QED) is 0.513. The van der Waals surface area contributed by atoms with E-state index in [2.05, 4.69) is 4.98 Å². The molecule has 0 aliphatic heterocycles. The number of hydrogen-bond donors (Lipinski definition) is 1. The van der Waals surface area contributed by atoms with E-state index in [9.17, 15) is 10.1 Å². The minimum absolute atomic E-state index is 0.141. The van der Waals surface area contributed by atoms with Gasteiger partial charge in [0.15, 0.2) is 0 Å². The molecule has 0 aromatic carbocycles. The van der Waals surface area contributed by atoms with Gasteiger partial charge in [-0.05, 0) is 11.8 Å². The summed E-state index contributed by atoms with van der Waals surface area (Å²) in [5.74, 6) is -0.141. The van der Waals surface area contributed by atoms with Gasteiger partial charge in [-0.1, -0.05) is 4.98 Å². The lowest BCUT2D eigenvalue weighted by Gasteiger charge is -1.96. The van der Waals surface area contributed by atoms with Crippen LogP contribution < -0.4 is 5.73 Å². The molecule has 0 saturated carbocycles. The lowest BCUT2D eigenvalue weighted by Crippen LogP contribution is -2.11. The highest BCUT2D eigenvalue weighted by Gasteiger charge is 2.15. The van der Waals surface area contributed by atoms with Gasteiger partial charge in [0.1, 0.15) is 11.9 Å². The average molecular weight is 170 g/mol. The molecule has 0 atom stereocenters. The van der Waals surface area contributed by atoms with Crippen LogP contribution in [0.15, 0.2) is 6.20 Å². The number of imidazole rings is 1. The molecule has 1 aromatic heterocycles. The fraction of sp³-hybridized carbons (Fsp3) is 0.500. The third kappa shape index (κ3) is 1.59. The van der Waals surface area contributed by atoms with E-state index in [0.717, 1.165) is 0 Å². The van der Waals surface area contributed by atoms with Crippen molar-refractivity contribution < 1.29 is 4.92 Å². The molecule has 1 aromatic rings. The van der Waals surface area contributed by atoms with Crippen LogP contribution in [0.25, 0.3) is 0 Å². The van der Waals surface area contributed by atoms with E-state index >= 15 is 0 Å². The van der Waals surface area contributed by atoms with Crippen LogP contribution in [-0.4, -0.2) is 21.0 Å². The van der Waals surface area contributed by atoms with Gasteiger partial charge < -0.3 is 15.8 Å². The molecule has 0 radical (unpaired) electrons. The van der Waals surface area contributed by atoms with Crippen molar-refractivity contribution in [1.82, 2.24) is 9.55 Å². The zero-order valence-corrected chi connectivity index (χ0v) is 6.73. The number of rotatable bonds is 3. The molecule has 6 heteroatoms. The molecule has 0 aliphatic carbocycles. The maximum atomic E-state index is 10.4. The van der Waals surface area contributed by atoms with Gasteiger partial charge in [-0.25, -0.2) is 4.57 Å². The predicted octanol–water partition coefficient (Wildman–Crippen LogP) is 0.0584. The molecule has 1 heterocycles. The Morgan fingerprint density at radius 2 is 2.50 bits per heavy atom. The van der Waals surface area contributed by atoms with Gasteiger partial charge in [0.05, 0.1) is 6.54 Å². The van der Waals surface area contributed by atoms with E-state index < -0.39 is 4.92 Å². The Morgan fingerprint density at radius 1 is 1.83 bits per heavy atom. The molecule has 66 valence electrons. The van der Waals surface area contributed by atoms with E-state index in [-0.39, 0.29) is 5.95 Å². The molecule has 0 bridgehead atoms. The summed E-state index contributed by atoms with van der Waals surface area (Å²) in [6.45, 7) is 2.51.